The number of carbonyl (C=O) groups is 2. The van der Waals surface area contributed by atoms with Crippen molar-refractivity contribution in [2.75, 3.05) is 0 Å². The maximum absolute atomic E-state index is 12.9. The van der Waals surface area contributed by atoms with Gasteiger partial charge in [0.1, 0.15) is 6.04 Å². The maximum atomic E-state index is 12.9. The van der Waals surface area contributed by atoms with Gasteiger partial charge >= 0.3 is 0 Å². The molecule has 0 fully saturated rings. The van der Waals surface area contributed by atoms with Crippen LogP contribution in [0.5, 0.6) is 0 Å². The van der Waals surface area contributed by atoms with E-state index in [2.05, 4.69) is 5.32 Å². The zero-order valence-corrected chi connectivity index (χ0v) is 15.1. The molecular weight excluding hydrogens is 312 g/mol. The van der Waals surface area contributed by atoms with Crippen LogP contribution in [0, 0.1) is 0 Å². The summed E-state index contributed by atoms with van der Waals surface area (Å²) < 4.78 is 0. The van der Waals surface area contributed by atoms with Crippen LogP contribution >= 0.6 is 0 Å². The molecule has 2 rings (SSSR count). The lowest BCUT2D eigenvalue weighted by Crippen LogP contribution is -2.49. The Labute approximate surface area is 149 Å². The molecule has 0 radical (unpaired) electrons. The second-order valence-corrected chi connectivity index (χ2v) is 6.51. The van der Waals surface area contributed by atoms with Crippen LogP contribution in [0.3, 0.4) is 0 Å². The summed E-state index contributed by atoms with van der Waals surface area (Å²) in [6, 6.07) is 18.9. The lowest BCUT2D eigenvalue weighted by atomic mass is 10.1. The van der Waals surface area contributed by atoms with E-state index in [9.17, 15) is 9.59 Å². The third-order valence-corrected chi connectivity index (χ3v) is 3.99. The number of benzene rings is 2. The van der Waals surface area contributed by atoms with Crippen LogP contribution in [0.25, 0.3) is 0 Å². The van der Waals surface area contributed by atoms with E-state index in [-0.39, 0.29) is 24.3 Å². The van der Waals surface area contributed by atoms with E-state index in [1.807, 2.05) is 74.5 Å². The van der Waals surface area contributed by atoms with Crippen molar-refractivity contribution in [2.24, 2.45) is 0 Å². The van der Waals surface area contributed by atoms with Gasteiger partial charge in [-0.3, -0.25) is 9.59 Å². The Hall–Kier alpha value is -2.62. The van der Waals surface area contributed by atoms with Gasteiger partial charge in [0.25, 0.3) is 0 Å². The van der Waals surface area contributed by atoms with Gasteiger partial charge in [0.2, 0.25) is 11.8 Å². The van der Waals surface area contributed by atoms with Gasteiger partial charge in [-0.05, 0) is 31.9 Å². The van der Waals surface area contributed by atoms with E-state index in [4.69, 9.17) is 0 Å². The monoisotopic (exact) mass is 338 g/mol. The van der Waals surface area contributed by atoms with E-state index >= 15 is 0 Å². The fourth-order valence-electron chi connectivity index (χ4n) is 2.64. The second-order valence-electron chi connectivity index (χ2n) is 6.51. The first-order chi connectivity index (χ1) is 12.0. The predicted octanol–water partition coefficient (Wildman–Crippen LogP) is 3.17. The molecule has 0 aliphatic heterocycles. The fraction of sp³-hybridized carbons (Fsp3) is 0.333. The van der Waals surface area contributed by atoms with Gasteiger partial charge in [-0.25, -0.2) is 0 Å². The third kappa shape index (κ3) is 5.75. The van der Waals surface area contributed by atoms with Crippen LogP contribution in [0.1, 0.15) is 31.9 Å². The van der Waals surface area contributed by atoms with Crippen molar-refractivity contribution in [2.45, 2.75) is 45.8 Å². The summed E-state index contributed by atoms with van der Waals surface area (Å²) in [7, 11) is 0. The highest BCUT2D eigenvalue weighted by Crippen LogP contribution is 2.12. The highest BCUT2D eigenvalue weighted by atomic mass is 16.2. The summed E-state index contributed by atoms with van der Waals surface area (Å²) in [5.74, 6) is -0.186. The maximum Gasteiger partial charge on any atom is 0.242 e. The van der Waals surface area contributed by atoms with E-state index in [0.29, 0.717) is 6.54 Å². The largest absolute Gasteiger partial charge is 0.352 e. The smallest absolute Gasteiger partial charge is 0.242 e. The van der Waals surface area contributed by atoms with E-state index in [1.54, 1.807) is 11.8 Å². The minimum absolute atomic E-state index is 0.0396. The topological polar surface area (TPSA) is 49.4 Å². The van der Waals surface area contributed by atoms with E-state index in [1.165, 1.54) is 0 Å². The number of hydrogen-bond donors (Lipinski definition) is 1. The average Bonchev–Trinajstić information content (AvgIpc) is 2.60. The van der Waals surface area contributed by atoms with Crippen molar-refractivity contribution in [3.05, 3.63) is 71.8 Å². The predicted molar refractivity (Wildman–Crippen MR) is 99.9 cm³/mol. The van der Waals surface area contributed by atoms with Crippen molar-refractivity contribution >= 4 is 11.8 Å². The van der Waals surface area contributed by atoms with Crippen LogP contribution in [0.15, 0.2) is 60.7 Å². The summed E-state index contributed by atoms with van der Waals surface area (Å²) in [6.45, 7) is 6.03. The number of carbonyl (C=O) groups excluding carboxylic acids is 2. The Morgan fingerprint density at radius 2 is 1.40 bits per heavy atom. The number of rotatable bonds is 7. The molecule has 0 aliphatic rings. The van der Waals surface area contributed by atoms with E-state index in [0.717, 1.165) is 11.1 Å². The SMILES string of the molecule is CC(C)NC(=O)C(C)N(Cc1ccccc1)C(=O)Cc1ccccc1. The Morgan fingerprint density at radius 1 is 0.880 bits per heavy atom. The first-order valence-electron chi connectivity index (χ1n) is 8.65. The van der Waals surface area contributed by atoms with Crippen molar-refractivity contribution in [1.29, 1.82) is 0 Å². The fourth-order valence-corrected chi connectivity index (χ4v) is 2.64. The number of amides is 2. The normalized spacial score (nSPS) is 11.8. The van der Waals surface area contributed by atoms with Crippen LogP contribution in [0.4, 0.5) is 0 Å². The minimum atomic E-state index is -0.529. The minimum Gasteiger partial charge on any atom is -0.352 e. The summed E-state index contributed by atoms with van der Waals surface area (Å²) >= 11 is 0. The van der Waals surface area contributed by atoms with Gasteiger partial charge < -0.3 is 10.2 Å². The van der Waals surface area contributed by atoms with Crippen molar-refractivity contribution in [3.8, 4) is 0 Å². The molecule has 1 atom stereocenters. The number of nitrogens with zero attached hydrogens (tertiary/aromatic N) is 1. The molecule has 0 aliphatic carbocycles. The van der Waals surface area contributed by atoms with Gasteiger partial charge in [0.05, 0.1) is 6.42 Å². The summed E-state index contributed by atoms with van der Waals surface area (Å²) in [5, 5.41) is 2.89. The lowest BCUT2D eigenvalue weighted by Gasteiger charge is -2.29. The molecule has 2 aromatic rings. The highest BCUT2D eigenvalue weighted by molar-refractivity contribution is 5.88. The quantitative estimate of drug-likeness (QED) is 0.843. The van der Waals surface area contributed by atoms with Gasteiger partial charge in [0, 0.05) is 12.6 Å². The van der Waals surface area contributed by atoms with Crippen LogP contribution in [-0.4, -0.2) is 28.8 Å². The molecule has 0 heterocycles. The molecule has 1 unspecified atom stereocenters. The number of hydrogen-bond acceptors (Lipinski definition) is 2. The summed E-state index contributed by atoms with van der Waals surface area (Å²) in [4.78, 5) is 27.0. The Morgan fingerprint density at radius 3 is 1.92 bits per heavy atom. The highest BCUT2D eigenvalue weighted by Gasteiger charge is 2.26. The molecule has 0 saturated heterocycles. The van der Waals surface area contributed by atoms with Crippen molar-refractivity contribution in [1.82, 2.24) is 10.2 Å². The van der Waals surface area contributed by atoms with Gasteiger partial charge in [0.15, 0.2) is 0 Å². The molecule has 2 amide bonds. The molecule has 4 nitrogen and oxygen atoms in total. The molecule has 1 N–H and O–H groups in total. The third-order valence-electron chi connectivity index (χ3n) is 3.99. The molecule has 132 valence electrons. The lowest BCUT2D eigenvalue weighted by molar-refractivity contribution is -0.140. The Bertz CT molecular complexity index is 684. The molecule has 0 saturated carbocycles. The first-order valence-corrected chi connectivity index (χ1v) is 8.65. The van der Waals surface area contributed by atoms with Crippen molar-refractivity contribution in [3.63, 3.8) is 0 Å². The average molecular weight is 338 g/mol. The van der Waals surface area contributed by atoms with Crippen molar-refractivity contribution < 1.29 is 9.59 Å². The van der Waals surface area contributed by atoms with E-state index < -0.39 is 6.04 Å². The summed E-state index contributed by atoms with van der Waals surface area (Å²) in [5.41, 5.74) is 1.95. The first kappa shape index (κ1) is 18.7. The molecule has 25 heavy (non-hydrogen) atoms. The Kier molecular flexibility index (Phi) is 6.75. The second kappa shape index (κ2) is 9.02. The summed E-state index contributed by atoms with van der Waals surface area (Å²) in [6.07, 6.45) is 0.285. The number of nitrogens with one attached hydrogen (secondary N) is 1. The zero-order valence-electron chi connectivity index (χ0n) is 15.1. The molecule has 2 aromatic carbocycles. The van der Waals surface area contributed by atoms with Gasteiger partial charge in [-0.2, -0.15) is 0 Å². The zero-order chi connectivity index (χ0) is 18.2. The molecule has 0 bridgehead atoms. The molecule has 4 heteroatoms. The molecule has 0 aromatic heterocycles. The van der Waals surface area contributed by atoms with Crippen LogP contribution in [0.2, 0.25) is 0 Å². The van der Waals surface area contributed by atoms with Gasteiger partial charge in [-0.1, -0.05) is 60.7 Å². The standard InChI is InChI=1S/C21H26N2O2/c1-16(2)22-21(25)17(3)23(15-19-12-8-5-9-13-19)20(24)14-18-10-6-4-7-11-18/h4-13,16-17H,14-15H2,1-3H3,(H,22,25). The van der Waals surface area contributed by atoms with Crippen LogP contribution in [-0.2, 0) is 22.6 Å². The van der Waals surface area contributed by atoms with Gasteiger partial charge in [-0.15, -0.1) is 0 Å². The molecular formula is C21H26N2O2. The van der Waals surface area contributed by atoms with Crippen LogP contribution < -0.4 is 5.32 Å². The Balaban J connectivity index is 2.18. The molecule has 0 spiro atoms.